The molecule has 2 rings (SSSR count). The second-order valence-electron chi connectivity index (χ2n) is 4.34. The summed E-state index contributed by atoms with van der Waals surface area (Å²) in [6.45, 7) is 5.08. The Kier molecular flexibility index (Phi) is 4.35. The SMILES string of the molecule is CC1CN(CCc2cccs2)CC(CO)O1. The van der Waals surface area contributed by atoms with Crippen molar-refractivity contribution < 1.29 is 9.84 Å². The van der Waals surface area contributed by atoms with E-state index in [0.717, 1.165) is 26.1 Å². The van der Waals surface area contributed by atoms with Crippen molar-refractivity contribution in [1.82, 2.24) is 4.90 Å². The van der Waals surface area contributed by atoms with E-state index in [-0.39, 0.29) is 18.8 Å². The van der Waals surface area contributed by atoms with Crippen LogP contribution >= 0.6 is 11.3 Å². The van der Waals surface area contributed by atoms with Crippen LogP contribution in [0.25, 0.3) is 0 Å². The first kappa shape index (κ1) is 12.0. The highest BCUT2D eigenvalue weighted by Crippen LogP contribution is 2.14. The van der Waals surface area contributed by atoms with Crippen LogP contribution in [-0.4, -0.2) is 48.5 Å². The lowest BCUT2D eigenvalue weighted by Gasteiger charge is -2.35. The molecule has 4 heteroatoms. The molecule has 1 aromatic heterocycles. The van der Waals surface area contributed by atoms with Crippen LogP contribution in [-0.2, 0) is 11.2 Å². The largest absolute Gasteiger partial charge is 0.394 e. The smallest absolute Gasteiger partial charge is 0.0936 e. The molecule has 90 valence electrons. The standard InChI is InChI=1S/C12H19NO2S/c1-10-7-13(8-11(9-14)15-10)5-4-12-3-2-6-16-12/h2-3,6,10-11,14H,4-5,7-9H2,1H3. The van der Waals surface area contributed by atoms with Gasteiger partial charge in [-0.15, -0.1) is 11.3 Å². The van der Waals surface area contributed by atoms with E-state index in [1.807, 2.05) is 11.3 Å². The average molecular weight is 241 g/mol. The van der Waals surface area contributed by atoms with E-state index >= 15 is 0 Å². The zero-order valence-corrected chi connectivity index (χ0v) is 10.4. The molecule has 2 atom stereocenters. The average Bonchev–Trinajstić information content (AvgIpc) is 2.78. The highest BCUT2D eigenvalue weighted by Gasteiger charge is 2.24. The summed E-state index contributed by atoms with van der Waals surface area (Å²) in [5, 5.41) is 11.2. The Balaban J connectivity index is 1.80. The molecule has 0 spiro atoms. The second kappa shape index (κ2) is 5.77. The van der Waals surface area contributed by atoms with Crippen molar-refractivity contribution in [2.45, 2.75) is 25.6 Å². The van der Waals surface area contributed by atoms with Crippen molar-refractivity contribution in [3.05, 3.63) is 22.4 Å². The first-order chi connectivity index (χ1) is 7.78. The molecular formula is C12H19NO2S. The van der Waals surface area contributed by atoms with E-state index in [9.17, 15) is 0 Å². The van der Waals surface area contributed by atoms with Gasteiger partial charge in [0.05, 0.1) is 18.8 Å². The summed E-state index contributed by atoms with van der Waals surface area (Å²) in [6, 6.07) is 4.27. The molecule has 1 fully saturated rings. The molecule has 0 amide bonds. The third kappa shape index (κ3) is 3.28. The lowest BCUT2D eigenvalue weighted by Crippen LogP contribution is -2.48. The maximum absolute atomic E-state index is 9.13. The summed E-state index contributed by atoms with van der Waals surface area (Å²) in [5.74, 6) is 0. The first-order valence-electron chi connectivity index (χ1n) is 5.79. The number of rotatable bonds is 4. The van der Waals surface area contributed by atoms with Gasteiger partial charge in [0.1, 0.15) is 0 Å². The summed E-state index contributed by atoms with van der Waals surface area (Å²) < 4.78 is 5.61. The van der Waals surface area contributed by atoms with Gasteiger partial charge in [0, 0.05) is 24.5 Å². The Bertz CT molecular complexity index is 302. The van der Waals surface area contributed by atoms with Gasteiger partial charge >= 0.3 is 0 Å². The van der Waals surface area contributed by atoms with Crippen LogP contribution in [0.3, 0.4) is 0 Å². The number of aliphatic hydroxyl groups excluding tert-OH is 1. The van der Waals surface area contributed by atoms with Gasteiger partial charge in [0.25, 0.3) is 0 Å². The highest BCUT2D eigenvalue weighted by atomic mass is 32.1. The van der Waals surface area contributed by atoms with E-state index in [2.05, 4.69) is 29.3 Å². The van der Waals surface area contributed by atoms with Crippen molar-refractivity contribution in [3.63, 3.8) is 0 Å². The van der Waals surface area contributed by atoms with E-state index < -0.39 is 0 Å². The molecule has 0 aromatic carbocycles. The zero-order chi connectivity index (χ0) is 11.4. The van der Waals surface area contributed by atoms with Crippen LogP contribution in [0, 0.1) is 0 Å². The molecule has 1 aromatic rings. The summed E-state index contributed by atoms with van der Waals surface area (Å²) in [6.07, 6.45) is 1.32. The van der Waals surface area contributed by atoms with Gasteiger partial charge in [-0.25, -0.2) is 0 Å². The van der Waals surface area contributed by atoms with Crippen molar-refractivity contribution in [3.8, 4) is 0 Å². The van der Waals surface area contributed by atoms with Gasteiger partial charge in [-0.1, -0.05) is 6.07 Å². The zero-order valence-electron chi connectivity index (χ0n) is 9.63. The minimum Gasteiger partial charge on any atom is -0.394 e. The van der Waals surface area contributed by atoms with Crippen molar-refractivity contribution in [1.29, 1.82) is 0 Å². The fourth-order valence-electron chi connectivity index (χ4n) is 2.15. The molecule has 3 nitrogen and oxygen atoms in total. The minimum atomic E-state index is -0.00733. The lowest BCUT2D eigenvalue weighted by atomic mass is 10.2. The van der Waals surface area contributed by atoms with Gasteiger partial charge in [0.15, 0.2) is 0 Å². The molecule has 0 bridgehead atoms. The van der Waals surface area contributed by atoms with Gasteiger partial charge in [-0.05, 0) is 24.8 Å². The number of morpholine rings is 1. The Morgan fingerprint density at radius 2 is 2.44 bits per heavy atom. The van der Waals surface area contributed by atoms with Gasteiger partial charge < -0.3 is 9.84 Å². The van der Waals surface area contributed by atoms with Crippen LogP contribution in [0.15, 0.2) is 17.5 Å². The fourth-order valence-corrected chi connectivity index (χ4v) is 2.85. The maximum Gasteiger partial charge on any atom is 0.0936 e. The van der Waals surface area contributed by atoms with Crippen LogP contribution in [0.4, 0.5) is 0 Å². The molecular weight excluding hydrogens is 222 g/mol. The predicted molar refractivity (Wildman–Crippen MR) is 65.9 cm³/mol. The summed E-state index contributed by atoms with van der Waals surface area (Å²) in [7, 11) is 0. The monoisotopic (exact) mass is 241 g/mol. The van der Waals surface area contributed by atoms with Crippen LogP contribution in [0.5, 0.6) is 0 Å². The number of thiophene rings is 1. The Morgan fingerprint density at radius 1 is 1.56 bits per heavy atom. The van der Waals surface area contributed by atoms with Crippen molar-refractivity contribution in [2.24, 2.45) is 0 Å². The van der Waals surface area contributed by atoms with Gasteiger partial charge in [-0.3, -0.25) is 4.90 Å². The second-order valence-corrected chi connectivity index (χ2v) is 5.37. The minimum absolute atomic E-state index is 0.00733. The molecule has 1 aliphatic rings. The molecule has 1 N–H and O–H groups in total. The third-order valence-corrected chi connectivity index (χ3v) is 3.80. The first-order valence-corrected chi connectivity index (χ1v) is 6.67. The molecule has 2 heterocycles. The molecule has 0 aliphatic carbocycles. The van der Waals surface area contributed by atoms with Crippen molar-refractivity contribution >= 4 is 11.3 Å². The van der Waals surface area contributed by atoms with E-state index in [1.165, 1.54) is 4.88 Å². The lowest BCUT2D eigenvalue weighted by molar-refractivity contribution is -0.0947. The maximum atomic E-state index is 9.13. The van der Waals surface area contributed by atoms with Crippen LogP contribution < -0.4 is 0 Å². The number of nitrogens with zero attached hydrogens (tertiary/aromatic N) is 1. The molecule has 0 radical (unpaired) electrons. The number of hydrogen-bond acceptors (Lipinski definition) is 4. The molecule has 1 saturated heterocycles. The quantitative estimate of drug-likeness (QED) is 0.864. The van der Waals surface area contributed by atoms with Gasteiger partial charge in [-0.2, -0.15) is 0 Å². The normalized spacial score (nSPS) is 27.1. The summed E-state index contributed by atoms with van der Waals surface area (Å²) in [4.78, 5) is 3.81. The molecule has 0 saturated carbocycles. The van der Waals surface area contributed by atoms with Crippen LogP contribution in [0.1, 0.15) is 11.8 Å². The number of aliphatic hydroxyl groups is 1. The molecule has 2 unspecified atom stereocenters. The highest BCUT2D eigenvalue weighted by molar-refractivity contribution is 7.09. The summed E-state index contributed by atoms with van der Waals surface area (Å²) >= 11 is 1.81. The van der Waals surface area contributed by atoms with Gasteiger partial charge in [0.2, 0.25) is 0 Å². The number of hydrogen-bond donors (Lipinski definition) is 1. The number of ether oxygens (including phenoxy) is 1. The van der Waals surface area contributed by atoms with E-state index in [4.69, 9.17) is 9.84 Å². The molecule has 16 heavy (non-hydrogen) atoms. The Labute approximate surface area is 101 Å². The van der Waals surface area contributed by atoms with E-state index in [0.29, 0.717) is 0 Å². The third-order valence-electron chi connectivity index (χ3n) is 2.86. The van der Waals surface area contributed by atoms with Crippen LogP contribution in [0.2, 0.25) is 0 Å². The fraction of sp³-hybridized carbons (Fsp3) is 0.667. The Morgan fingerprint density at radius 3 is 3.12 bits per heavy atom. The van der Waals surface area contributed by atoms with Crippen molar-refractivity contribution in [2.75, 3.05) is 26.2 Å². The molecule has 1 aliphatic heterocycles. The Hall–Kier alpha value is -0.420. The predicted octanol–water partition coefficient (Wildman–Crippen LogP) is 1.37. The topological polar surface area (TPSA) is 32.7 Å². The van der Waals surface area contributed by atoms with E-state index in [1.54, 1.807) is 0 Å². The summed E-state index contributed by atoms with van der Waals surface area (Å²) in [5.41, 5.74) is 0.